The minimum absolute atomic E-state index is 0.0974. The third-order valence-electron chi connectivity index (χ3n) is 4.99. The highest BCUT2D eigenvalue weighted by atomic mass is 32.1. The van der Waals surface area contributed by atoms with Crippen molar-refractivity contribution in [2.75, 3.05) is 12.4 Å². The molecule has 0 bridgehead atoms. The lowest BCUT2D eigenvalue weighted by Crippen LogP contribution is -2.35. The fourth-order valence-electron chi connectivity index (χ4n) is 3.36. The molecule has 7 heteroatoms. The third-order valence-corrected chi connectivity index (χ3v) is 6.21. The first-order valence-corrected chi connectivity index (χ1v) is 11.2. The SMILES string of the molecule is COc1ccc(NC(=S)N(Cc2cccs2)Cc2cc3cc(C)ccc3[nH]c2=O)cc1. The van der Waals surface area contributed by atoms with Crippen LogP contribution in [0.4, 0.5) is 5.69 Å². The molecule has 0 aliphatic carbocycles. The molecule has 2 aromatic carbocycles. The molecular formula is C24H23N3O2S2. The summed E-state index contributed by atoms with van der Waals surface area (Å²) < 4.78 is 5.22. The van der Waals surface area contributed by atoms with Crippen molar-refractivity contribution >= 4 is 45.3 Å². The Morgan fingerprint density at radius 1 is 1.13 bits per heavy atom. The number of benzene rings is 2. The predicted molar refractivity (Wildman–Crippen MR) is 132 cm³/mol. The molecule has 4 aromatic rings. The summed E-state index contributed by atoms with van der Waals surface area (Å²) in [6, 6.07) is 19.6. The van der Waals surface area contributed by atoms with Gasteiger partial charge in [0, 0.05) is 21.6 Å². The number of nitrogens with zero attached hydrogens (tertiary/aromatic N) is 1. The summed E-state index contributed by atoms with van der Waals surface area (Å²) in [7, 11) is 1.64. The van der Waals surface area contributed by atoms with Crippen LogP contribution in [0.2, 0.25) is 0 Å². The van der Waals surface area contributed by atoms with Gasteiger partial charge in [-0.3, -0.25) is 4.79 Å². The lowest BCUT2D eigenvalue weighted by Gasteiger charge is -2.25. The number of thiocarbonyl (C=S) groups is 1. The monoisotopic (exact) mass is 449 g/mol. The number of hydrogen-bond donors (Lipinski definition) is 2. The van der Waals surface area contributed by atoms with Gasteiger partial charge in [-0.2, -0.15) is 0 Å². The van der Waals surface area contributed by atoms with Crippen molar-refractivity contribution in [3.63, 3.8) is 0 Å². The van der Waals surface area contributed by atoms with Crippen LogP contribution in [0.3, 0.4) is 0 Å². The number of fused-ring (bicyclic) bond motifs is 1. The van der Waals surface area contributed by atoms with Crippen LogP contribution in [-0.2, 0) is 13.1 Å². The molecule has 0 atom stereocenters. The van der Waals surface area contributed by atoms with E-state index < -0.39 is 0 Å². The van der Waals surface area contributed by atoms with Gasteiger partial charge < -0.3 is 19.9 Å². The topological polar surface area (TPSA) is 57.4 Å². The standard InChI is InChI=1S/C24H23N3O2S2/c1-16-5-10-22-17(12-16)13-18(23(28)26-22)14-27(15-21-4-3-11-31-21)24(30)25-19-6-8-20(29-2)9-7-19/h3-13H,14-15H2,1-2H3,(H,25,30)(H,26,28). The van der Waals surface area contributed by atoms with Crippen LogP contribution in [0, 0.1) is 6.92 Å². The number of aryl methyl sites for hydroxylation is 1. The number of nitrogens with one attached hydrogen (secondary N) is 2. The summed E-state index contributed by atoms with van der Waals surface area (Å²) >= 11 is 7.39. The summed E-state index contributed by atoms with van der Waals surface area (Å²) in [5.74, 6) is 0.782. The lowest BCUT2D eigenvalue weighted by atomic mass is 10.1. The zero-order chi connectivity index (χ0) is 21.8. The summed E-state index contributed by atoms with van der Waals surface area (Å²) in [5, 5.41) is 6.90. The Labute approximate surface area is 190 Å². The summed E-state index contributed by atoms with van der Waals surface area (Å²) in [4.78, 5) is 18.9. The molecule has 0 saturated carbocycles. The van der Waals surface area contributed by atoms with Gasteiger partial charge in [-0.05, 0) is 78.4 Å². The van der Waals surface area contributed by atoms with E-state index in [-0.39, 0.29) is 5.56 Å². The van der Waals surface area contributed by atoms with E-state index in [1.165, 1.54) is 4.88 Å². The van der Waals surface area contributed by atoms with Gasteiger partial charge in [0.1, 0.15) is 5.75 Å². The Balaban J connectivity index is 1.61. The van der Waals surface area contributed by atoms with Crippen LogP contribution < -0.4 is 15.6 Å². The summed E-state index contributed by atoms with van der Waals surface area (Å²) in [6.07, 6.45) is 0. The predicted octanol–water partition coefficient (Wildman–Crippen LogP) is 5.31. The van der Waals surface area contributed by atoms with Gasteiger partial charge in [-0.15, -0.1) is 11.3 Å². The Morgan fingerprint density at radius 2 is 1.94 bits per heavy atom. The fraction of sp³-hybridized carbons (Fsp3) is 0.167. The number of H-pyrrole nitrogens is 1. The van der Waals surface area contributed by atoms with E-state index in [0.29, 0.717) is 23.8 Å². The molecule has 0 radical (unpaired) electrons. The van der Waals surface area contributed by atoms with E-state index in [4.69, 9.17) is 17.0 Å². The molecule has 0 amide bonds. The van der Waals surface area contributed by atoms with Crippen LogP contribution in [0.1, 0.15) is 16.0 Å². The van der Waals surface area contributed by atoms with Crippen LogP contribution >= 0.6 is 23.6 Å². The molecule has 2 aromatic heterocycles. The third kappa shape index (κ3) is 5.13. The second-order valence-electron chi connectivity index (χ2n) is 7.31. The number of anilines is 1. The first-order valence-electron chi connectivity index (χ1n) is 9.87. The summed E-state index contributed by atoms with van der Waals surface area (Å²) in [6.45, 7) is 3.06. The molecule has 0 aliphatic heterocycles. The molecule has 4 rings (SSSR count). The number of hydrogen-bond acceptors (Lipinski definition) is 4. The molecule has 2 heterocycles. The largest absolute Gasteiger partial charge is 0.497 e. The van der Waals surface area contributed by atoms with Crippen molar-refractivity contribution in [1.29, 1.82) is 0 Å². The highest BCUT2D eigenvalue weighted by Crippen LogP contribution is 2.19. The van der Waals surface area contributed by atoms with Gasteiger partial charge >= 0.3 is 0 Å². The maximum absolute atomic E-state index is 12.8. The van der Waals surface area contributed by atoms with Gasteiger partial charge in [-0.25, -0.2) is 0 Å². The minimum Gasteiger partial charge on any atom is -0.497 e. The van der Waals surface area contributed by atoms with Crippen LogP contribution in [0.15, 0.2) is 70.8 Å². The zero-order valence-electron chi connectivity index (χ0n) is 17.3. The molecule has 0 saturated heterocycles. The minimum atomic E-state index is -0.0974. The molecule has 158 valence electrons. The van der Waals surface area contributed by atoms with Crippen molar-refractivity contribution < 1.29 is 4.74 Å². The van der Waals surface area contributed by atoms with Gasteiger partial charge in [0.2, 0.25) is 0 Å². The number of ether oxygens (including phenoxy) is 1. The number of aromatic nitrogens is 1. The molecule has 0 unspecified atom stereocenters. The normalized spacial score (nSPS) is 10.8. The van der Waals surface area contributed by atoms with E-state index in [0.717, 1.165) is 27.9 Å². The maximum Gasteiger partial charge on any atom is 0.253 e. The van der Waals surface area contributed by atoms with Crippen molar-refractivity contribution in [3.8, 4) is 5.75 Å². The van der Waals surface area contributed by atoms with Crippen LogP contribution in [0.5, 0.6) is 5.75 Å². The Bertz CT molecular complexity index is 1250. The molecule has 0 fully saturated rings. The van der Waals surface area contributed by atoms with Gasteiger partial charge in [0.05, 0.1) is 20.2 Å². The van der Waals surface area contributed by atoms with Crippen LogP contribution in [-0.4, -0.2) is 22.1 Å². The molecule has 0 aliphatic rings. The summed E-state index contributed by atoms with van der Waals surface area (Å²) in [5.41, 5.74) is 3.43. The Morgan fingerprint density at radius 3 is 2.65 bits per heavy atom. The highest BCUT2D eigenvalue weighted by Gasteiger charge is 2.15. The zero-order valence-corrected chi connectivity index (χ0v) is 19.0. The van der Waals surface area contributed by atoms with Crippen molar-refractivity contribution in [2.45, 2.75) is 20.0 Å². The average Bonchev–Trinajstić information content (AvgIpc) is 3.27. The maximum atomic E-state index is 12.8. The van der Waals surface area contributed by atoms with Crippen LogP contribution in [0.25, 0.3) is 10.9 Å². The smallest absolute Gasteiger partial charge is 0.253 e. The van der Waals surface area contributed by atoms with Crippen molar-refractivity contribution in [3.05, 3.63) is 92.4 Å². The number of pyridine rings is 1. The van der Waals surface area contributed by atoms with E-state index >= 15 is 0 Å². The Kier molecular flexibility index (Phi) is 6.34. The highest BCUT2D eigenvalue weighted by molar-refractivity contribution is 7.80. The molecule has 2 N–H and O–H groups in total. The second-order valence-corrected chi connectivity index (χ2v) is 8.73. The fourth-order valence-corrected chi connectivity index (χ4v) is 4.33. The van der Waals surface area contributed by atoms with Gasteiger partial charge in [0.15, 0.2) is 5.11 Å². The Hall–Kier alpha value is -3.16. The van der Waals surface area contributed by atoms with Crippen molar-refractivity contribution in [1.82, 2.24) is 9.88 Å². The number of methoxy groups -OCH3 is 1. The molecule has 0 spiro atoms. The average molecular weight is 450 g/mol. The van der Waals surface area contributed by atoms with Gasteiger partial charge in [0.25, 0.3) is 5.56 Å². The molecular weight excluding hydrogens is 426 g/mol. The quantitative estimate of drug-likeness (QED) is 0.391. The van der Waals surface area contributed by atoms with E-state index in [1.807, 2.05) is 65.7 Å². The van der Waals surface area contributed by atoms with E-state index in [2.05, 4.69) is 22.4 Å². The van der Waals surface area contributed by atoms with Gasteiger partial charge in [-0.1, -0.05) is 17.7 Å². The number of rotatable bonds is 6. The van der Waals surface area contributed by atoms with E-state index in [1.54, 1.807) is 18.4 Å². The lowest BCUT2D eigenvalue weighted by molar-refractivity contribution is 0.414. The number of aromatic amines is 1. The molecule has 5 nitrogen and oxygen atoms in total. The molecule has 31 heavy (non-hydrogen) atoms. The number of thiophene rings is 1. The van der Waals surface area contributed by atoms with E-state index in [9.17, 15) is 4.79 Å². The second kappa shape index (κ2) is 9.32. The van der Waals surface area contributed by atoms with Crippen molar-refractivity contribution in [2.24, 2.45) is 0 Å². The first-order chi connectivity index (χ1) is 15.0. The first kappa shape index (κ1) is 21.1.